The number of unbranched alkanes of at least 4 members (excludes halogenated alkanes) is 35. The van der Waals surface area contributed by atoms with Crippen LogP contribution in [0.1, 0.15) is 319 Å². The molecule has 360 valence electrons. The van der Waals surface area contributed by atoms with Crippen molar-refractivity contribution in [2.75, 3.05) is 0 Å². The fraction of sp³-hybridized carbons (Fsp3) is 0.893. The number of hydrogen-bond donors (Lipinski definition) is 1. The molecular weight excluding hydrogens is 769 g/mol. The van der Waals surface area contributed by atoms with Crippen LogP contribution >= 0.6 is 0 Å². The standard InChI is InChI=1S/C56H106O4S/c1-6-11-16-21-26-31-36-41-46-51-52(47-42-37-32-27-22-17-12-7-2)54(49-44-39-34-29-24-19-14-9-4)56(60-61(57,58)59)55(50-45-40-35-30-25-20-15-10-5)53(51)48-43-38-33-28-23-18-13-8-3/h6-50H2,1-5H3,(H,57,58,59). The van der Waals surface area contributed by atoms with Crippen molar-refractivity contribution in [2.45, 2.75) is 324 Å². The van der Waals surface area contributed by atoms with E-state index in [9.17, 15) is 13.0 Å². The van der Waals surface area contributed by atoms with Crippen LogP contribution in [0.5, 0.6) is 5.75 Å². The van der Waals surface area contributed by atoms with Gasteiger partial charge in [-0.2, -0.15) is 8.42 Å². The minimum absolute atomic E-state index is 0.539. The first-order valence-electron chi connectivity index (χ1n) is 27.7. The van der Waals surface area contributed by atoms with Gasteiger partial charge in [0.2, 0.25) is 0 Å². The lowest BCUT2D eigenvalue weighted by Crippen LogP contribution is -2.17. The van der Waals surface area contributed by atoms with Crippen molar-refractivity contribution in [3.8, 4) is 5.75 Å². The predicted molar refractivity (Wildman–Crippen MR) is 270 cm³/mol. The molecule has 1 aromatic rings. The quantitative estimate of drug-likeness (QED) is 0.0523. The molecule has 5 heteroatoms. The first-order valence-corrected chi connectivity index (χ1v) is 29.1. The Bertz CT molecular complexity index is 1160. The molecule has 1 rings (SSSR count). The minimum Gasteiger partial charge on any atom is -0.361 e. The molecule has 0 aliphatic rings. The van der Waals surface area contributed by atoms with E-state index in [2.05, 4.69) is 34.6 Å². The summed E-state index contributed by atoms with van der Waals surface area (Å²) in [6, 6.07) is 0. The molecule has 0 saturated carbocycles. The highest BCUT2D eigenvalue weighted by Gasteiger charge is 2.27. The fourth-order valence-corrected chi connectivity index (χ4v) is 10.2. The van der Waals surface area contributed by atoms with E-state index in [4.69, 9.17) is 4.18 Å². The Hall–Kier alpha value is -1.07. The lowest BCUT2D eigenvalue weighted by Gasteiger charge is -2.27. The Kier molecular flexibility index (Phi) is 39.5. The zero-order valence-electron chi connectivity index (χ0n) is 41.9. The molecule has 0 spiro atoms. The predicted octanol–water partition coefficient (Wildman–Crippen LogP) is 19.3. The van der Waals surface area contributed by atoms with E-state index in [1.54, 1.807) is 5.56 Å². The first-order chi connectivity index (χ1) is 29.8. The van der Waals surface area contributed by atoms with Gasteiger partial charge in [0.1, 0.15) is 0 Å². The van der Waals surface area contributed by atoms with E-state index in [-0.39, 0.29) is 0 Å². The maximum absolute atomic E-state index is 12.9. The van der Waals surface area contributed by atoms with Crippen LogP contribution in [0.2, 0.25) is 0 Å². The van der Waals surface area contributed by atoms with Crippen LogP contribution < -0.4 is 4.18 Å². The zero-order valence-corrected chi connectivity index (χ0v) is 42.7. The summed E-state index contributed by atoms with van der Waals surface area (Å²) in [6.45, 7) is 11.4. The molecule has 0 fully saturated rings. The van der Waals surface area contributed by atoms with Crippen LogP contribution in [-0.4, -0.2) is 13.0 Å². The molecule has 0 unspecified atom stereocenters. The van der Waals surface area contributed by atoms with Crippen molar-refractivity contribution in [2.24, 2.45) is 0 Å². The molecule has 1 aromatic carbocycles. The molecule has 4 nitrogen and oxygen atoms in total. The van der Waals surface area contributed by atoms with Gasteiger partial charge in [0.25, 0.3) is 0 Å². The highest BCUT2D eigenvalue weighted by atomic mass is 32.3. The average Bonchev–Trinajstić information content (AvgIpc) is 3.24. The lowest BCUT2D eigenvalue weighted by atomic mass is 9.80. The summed E-state index contributed by atoms with van der Waals surface area (Å²) in [6.07, 6.45) is 55.7. The van der Waals surface area contributed by atoms with Gasteiger partial charge in [0.05, 0.1) is 0 Å². The molecule has 0 bridgehead atoms. The Morgan fingerprint density at radius 1 is 0.279 bits per heavy atom. The molecule has 0 amide bonds. The topological polar surface area (TPSA) is 63.6 Å². The lowest BCUT2D eigenvalue weighted by molar-refractivity contribution is 0.382. The van der Waals surface area contributed by atoms with Crippen molar-refractivity contribution in [1.82, 2.24) is 0 Å². The Morgan fingerprint density at radius 2 is 0.443 bits per heavy atom. The van der Waals surface area contributed by atoms with Crippen LogP contribution in [0.15, 0.2) is 0 Å². The van der Waals surface area contributed by atoms with E-state index in [0.717, 1.165) is 81.8 Å². The number of hydrogen-bond acceptors (Lipinski definition) is 3. The van der Waals surface area contributed by atoms with E-state index >= 15 is 0 Å². The molecule has 0 saturated heterocycles. The van der Waals surface area contributed by atoms with Gasteiger partial charge in [-0.1, -0.05) is 259 Å². The second-order valence-electron chi connectivity index (χ2n) is 19.4. The molecule has 61 heavy (non-hydrogen) atoms. The van der Waals surface area contributed by atoms with Crippen LogP contribution in [0.3, 0.4) is 0 Å². The third-order valence-corrected chi connectivity index (χ3v) is 14.0. The van der Waals surface area contributed by atoms with E-state index in [1.807, 2.05) is 0 Å². The van der Waals surface area contributed by atoms with Gasteiger partial charge in [-0.3, -0.25) is 4.55 Å². The van der Waals surface area contributed by atoms with Crippen molar-refractivity contribution in [3.63, 3.8) is 0 Å². The first kappa shape index (κ1) is 57.9. The van der Waals surface area contributed by atoms with Gasteiger partial charge >= 0.3 is 10.4 Å². The van der Waals surface area contributed by atoms with Crippen molar-refractivity contribution < 1.29 is 17.2 Å². The van der Waals surface area contributed by atoms with Crippen LogP contribution in [-0.2, 0) is 42.5 Å². The van der Waals surface area contributed by atoms with Gasteiger partial charge in [-0.15, -0.1) is 0 Å². The number of benzene rings is 1. The van der Waals surface area contributed by atoms with Gasteiger partial charge in [0.15, 0.2) is 5.75 Å². The SMILES string of the molecule is CCCCCCCCCCc1c(CCCCCCCCCC)c(CCCCCCCCCC)c(OS(=O)(=O)O)c(CCCCCCCCCC)c1CCCCCCCCCC. The molecule has 0 atom stereocenters. The van der Waals surface area contributed by atoms with Crippen LogP contribution in [0.25, 0.3) is 0 Å². The van der Waals surface area contributed by atoms with Crippen LogP contribution in [0.4, 0.5) is 0 Å². The third kappa shape index (κ3) is 31.4. The highest BCUT2D eigenvalue weighted by molar-refractivity contribution is 7.81. The summed E-state index contributed by atoms with van der Waals surface area (Å²) < 4.78 is 42.2. The summed E-state index contributed by atoms with van der Waals surface area (Å²) in [4.78, 5) is 0. The normalized spacial score (nSPS) is 11.9. The minimum atomic E-state index is -4.68. The monoisotopic (exact) mass is 875 g/mol. The second kappa shape index (κ2) is 41.6. The zero-order chi connectivity index (χ0) is 44.5. The molecular formula is C56H106O4S. The molecule has 0 heterocycles. The largest absolute Gasteiger partial charge is 0.446 e. The molecule has 0 aliphatic carbocycles. The molecule has 1 N–H and O–H groups in total. The van der Waals surface area contributed by atoms with E-state index in [0.29, 0.717) is 5.75 Å². The van der Waals surface area contributed by atoms with E-state index in [1.165, 1.54) is 229 Å². The number of rotatable bonds is 47. The van der Waals surface area contributed by atoms with Crippen molar-refractivity contribution >= 4 is 10.4 Å². The maximum atomic E-state index is 12.9. The maximum Gasteiger partial charge on any atom is 0.446 e. The average molecular weight is 876 g/mol. The van der Waals surface area contributed by atoms with Gasteiger partial charge < -0.3 is 4.18 Å². The van der Waals surface area contributed by atoms with Gasteiger partial charge in [0, 0.05) is 0 Å². The Morgan fingerprint density at radius 3 is 0.639 bits per heavy atom. The smallest absolute Gasteiger partial charge is 0.361 e. The third-order valence-electron chi connectivity index (χ3n) is 13.6. The summed E-state index contributed by atoms with van der Waals surface area (Å²) in [7, 11) is -4.68. The Labute approximate surface area is 383 Å². The van der Waals surface area contributed by atoms with Crippen LogP contribution in [0, 0.1) is 0 Å². The van der Waals surface area contributed by atoms with Crippen molar-refractivity contribution in [3.05, 3.63) is 27.8 Å². The highest BCUT2D eigenvalue weighted by Crippen LogP contribution is 2.40. The summed E-state index contributed by atoms with van der Waals surface area (Å²) in [5.41, 5.74) is 6.64. The summed E-state index contributed by atoms with van der Waals surface area (Å²) in [5, 5.41) is 0. The van der Waals surface area contributed by atoms with E-state index < -0.39 is 10.4 Å². The van der Waals surface area contributed by atoms with Crippen molar-refractivity contribution in [1.29, 1.82) is 0 Å². The molecule has 0 aromatic heterocycles. The Balaban J connectivity index is 3.68. The molecule has 0 radical (unpaired) electrons. The summed E-state index contributed by atoms with van der Waals surface area (Å²) >= 11 is 0. The second-order valence-corrected chi connectivity index (χ2v) is 20.4. The van der Waals surface area contributed by atoms with Gasteiger partial charge in [-0.25, -0.2) is 0 Å². The summed E-state index contributed by atoms with van der Waals surface area (Å²) in [5.74, 6) is 0.539. The van der Waals surface area contributed by atoms with Gasteiger partial charge in [-0.05, 0) is 92.0 Å². The molecule has 0 aliphatic heterocycles. The fourth-order valence-electron chi connectivity index (χ4n) is 9.82.